The lowest BCUT2D eigenvalue weighted by molar-refractivity contribution is 0.405. The Morgan fingerprint density at radius 2 is 1.62 bits per heavy atom. The lowest BCUT2D eigenvalue weighted by atomic mass is 10.1. The zero-order valence-electron chi connectivity index (χ0n) is 12.4. The second-order valence-electron chi connectivity index (χ2n) is 5.39. The van der Waals surface area contributed by atoms with Crippen molar-refractivity contribution in [3.8, 4) is 39.9 Å². The molecule has 4 N–H and O–H groups in total. The van der Waals surface area contributed by atoms with Crippen LogP contribution in [0.15, 0.2) is 54.7 Å². The molecule has 24 heavy (non-hydrogen) atoms. The number of benzene rings is 2. The van der Waals surface area contributed by atoms with Crippen LogP contribution >= 0.6 is 0 Å². The van der Waals surface area contributed by atoms with E-state index in [2.05, 4.69) is 15.0 Å². The monoisotopic (exact) mass is 319 g/mol. The third-order valence-corrected chi connectivity index (χ3v) is 3.78. The number of fused-ring (bicyclic) bond motifs is 1. The number of phenolic OH excluding ortho intramolecular Hbond substituents is 3. The van der Waals surface area contributed by atoms with E-state index in [0.29, 0.717) is 22.6 Å². The lowest BCUT2D eigenvalue weighted by Gasteiger charge is -2.06. The Morgan fingerprint density at radius 3 is 2.42 bits per heavy atom. The van der Waals surface area contributed by atoms with Crippen molar-refractivity contribution in [1.29, 1.82) is 0 Å². The number of nitrogens with one attached hydrogen (secondary N) is 1. The number of rotatable bonds is 2. The van der Waals surface area contributed by atoms with E-state index in [4.69, 9.17) is 0 Å². The van der Waals surface area contributed by atoms with E-state index >= 15 is 0 Å². The van der Waals surface area contributed by atoms with Gasteiger partial charge in [0.1, 0.15) is 11.6 Å². The first kappa shape index (κ1) is 14.1. The minimum absolute atomic E-state index is 0.186. The zero-order valence-corrected chi connectivity index (χ0v) is 12.4. The molecule has 2 aromatic carbocycles. The largest absolute Gasteiger partial charge is 0.508 e. The molecule has 4 aromatic rings. The van der Waals surface area contributed by atoms with Gasteiger partial charge in [0.25, 0.3) is 0 Å². The summed E-state index contributed by atoms with van der Waals surface area (Å²) in [7, 11) is 0. The maximum absolute atomic E-state index is 9.62. The summed E-state index contributed by atoms with van der Waals surface area (Å²) in [6, 6.07) is 13.3. The molecule has 0 saturated carbocycles. The van der Waals surface area contributed by atoms with E-state index in [-0.39, 0.29) is 17.2 Å². The van der Waals surface area contributed by atoms with Gasteiger partial charge >= 0.3 is 0 Å². The fraction of sp³-hybridized carbons (Fsp3) is 0. The molecular formula is C18H13N3O3. The van der Waals surface area contributed by atoms with Crippen LogP contribution in [-0.2, 0) is 0 Å². The highest BCUT2D eigenvalue weighted by Gasteiger charge is 2.14. The van der Waals surface area contributed by atoms with E-state index in [1.807, 2.05) is 6.07 Å². The lowest BCUT2D eigenvalue weighted by Crippen LogP contribution is -1.90. The first-order chi connectivity index (χ1) is 11.6. The molecule has 0 fully saturated rings. The van der Waals surface area contributed by atoms with Gasteiger partial charge < -0.3 is 20.3 Å². The van der Waals surface area contributed by atoms with Gasteiger partial charge in [0.05, 0.1) is 16.7 Å². The molecule has 0 aliphatic heterocycles. The van der Waals surface area contributed by atoms with Crippen molar-refractivity contribution >= 4 is 11.0 Å². The number of aromatic amines is 1. The summed E-state index contributed by atoms with van der Waals surface area (Å²) in [6.45, 7) is 0. The number of H-pyrrole nitrogens is 1. The molecule has 118 valence electrons. The van der Waals surface area contributed by atoms with Gasteiger partial charge in [0, 0.05) is 29.5 Å². The van der Waals surface area contributed by atoms with Crippen LogP contribution in [0, 0.1) is 0 Å². The molecule has 0 bridgehead atoms. The Hall–Kier alpha value is -3.54. The number of aromatic nitrogens is 3. The number of hydrogen-bond donors (Lipinski definition) is 4. The normalized spacial score (nSPS) is 11.0. The highest BCUT2D eigenvalue weighted by Crippen LogP contribution is 2.33. The Kier molecular flexibility index (Phi) is 3.09. The fourth-order valence-electron chi connectivity index (χ4n) is 2.61. The van der Waals surface area contributed by atoms with Crippen molar-refractivity contribution in [3.63, 3.8) is 0 Å². The van der Waals surface area contributed by atoms with E-state index in [0.717, 1.165) is 11.1 Å². The highest BCUT2D eigenvalue weighted by atomic mass is 16.3. The van der Waals surface area contributed by atoms with Crippen LogP contribution in [0.5, 0.6) is 17.2 Å². The van der Waals surface area contributed by atoms with E-state index in [1.54, 1.807) is 36.5 Å². The first-order valence-corrected chi connectivity index (χ1v) is 7.28. The van der Waals surface area contributed by atoms with Gasteiger partial charge in [-0.1, -0.05) is 0 Å². The van der Waals surface area contributed by atoms with Crippen LogP contribution in [0.1, 0.15) is 0 Å². The van der Waals surface area contributed by atoms with Crippen molar-refractivity contribution in [2.24, 2.45) is 0 Å². The number of aromatic hydroxyl groups is 3. The molecule has 6 nitrogen and oxygen atoms in total. The molecule has 0 amide bonds. The topological polar surface area (TPSA) is 102 Å². The summed E-state index contributed by atoms with van der Waals surface area (Å²) in [5.74, 6) is 0.338. The van der Waals surface area contributed by atoms with Crippen LogP contribution in [0.3, 0.4) is 0 Å². The van der Waals surface area contributed by atoms with Gasteiger partial charge in [-0.25, -0.2) is 4.98 Å². The summed E-state index contributed by atoms with van der Waals surface area (Å²) in [6.07, 6.45) is 1.69. The Labute approximate surface area is 136 Å². The Morgan fingerprint density at radius 1 is 0.875 bits per heavy atom. The summed E-state index contributed by atoms with van der Waals surface area (Å²) in [4.78, 5) is 12.0. The standard InChI is InChI=1S/C18H13N3O3/c22-11-5-3-10(4-6-11)17-12(2-1-7-19-17)18-20-13-8-15(23)16(24)9-14(13)21-18/h1-9,22-24H,(H,20,21). The SMILES string of the molecule is Oc1ccc(-c2ncccc2-c2nc3cc(O)c(O)cc3[nH]2)cc1. The van der Waals surface area contributed by atoms with E-state index in [9.17, 15) is 15.3 Å². The number of nitrogens with zero attached hydrogens (tertiary/aromatic N) is 2. The predicted molar refractivity (Wildman–Crippen MR) is 89.8 cm³/mol. The van der Waals surface area contributed by atoms with Crippen LogP contribution in [0.4, 0.5) is 0 Å². The predicted octanol–water partition coefficient (Wildman–Crippen LogP) is 3.41. The molecule has 0 unspecified atom stereocenters. The van der Waals surface area contributed by atoms with Crippen molar-refractivity contribution in [2.75, 3.05) is 0 Å². The second kappa shape index (κ2) is 5.27. The van der Waals surface area contributed by atoms with Crippen molar-refractivity contribution in [3.05, 3.63) is 54.7 Å². The second-order valence-corrected chi connectivity index (χ2v) is 5.39. The maximum atomic E-state index is 9.62. The molecular weight excluding hydrogens is 306 g/mol. The first-order valence-electron chi connectivity index (χ1n) is 7.28. The van der Waals surface area contributed by atoms with Gasteiger partial charge in [0.15, 0.2) is 11.5 Å². The van der Waals surface area contributed by atoms with Crippen molar-refractivity contribution in [2.45, 2.75) is 0 Å². The molecule has 0 atom stereocenters. The molecule has 2 heterocycles. The molecule has 0 spiro atoms. The molecule has 0 saturated heterocycles. The van der Waals surface area contributed by atoms with Gasteiger partial charge in [-0.3, -0.25) is 4.98 Å². The number of phenols is 3. The van der Waals surface area contributed by atoms with E-state index < -0.39 is 0 Å². The van der Waals surface area contributed by atoms with E-state index in [1.165, 1.54) is 12.1 Å². The number of hydrogen-bond acceptors (Lipinski definition) is 5. The number of pyridine rings is 1. The van der Waals surface area contributed by atoms with Crippen molar-refractivity contribution in [1.82, 2.24) is 15.0 Å². The molecule has 4 rings (SSSR count). The minimum atomic E-state index is -0.217. The Bertz CT molecular complexity index is 1000. The summed E-state index contributed by atoms with van der Waals surface area (Å²) in [5, 5.41) is 28.7. The fourth-order valence-corrected chi connectivity index (χ4v) is 2.61. The average Bonchev–Trinajstić information content (AvgIpc) is 2.98. The summed E-state index contributed by atoms with van der Waals surface area (Å²) >= 11 is 0. The maximum Gasteiger partial charge on any atom is 0.159 e. The Balaban J connectivity index is 1.89. The van der Waals surface area contributed by atoms with Crippen LogP contribution < -0.4 is 0 Å². The summed E-state index contributed by atoms with van der Waals surface area (Å²) in [5.41, 5.74) is 3.49. The van der Waals surface area contributed by atoms with Gasteiger partial charge in [-0.2, -0.15) is 0 Å². The van der Waals surface area contributed by atoms with Gasteiger partial charge in [0.2, 0.25) is 0 Å². The van der Waals surface area contributed by atoms with Gasteiger partial charge in [-0.15, -0.1) is 0 Å². The van der Waals surface area contributed by atoms with Crippen LogP contribution in [0.2, 0.25) is 0 Å². The number of imidazole rings is 1. The molecule has 0 aliphatic carbocycles. The van der Waals surface area contributed by atoms with Crippen LogP contribution in [0.25, 0.3) is 33.7 Å². The zero-order chi connectivity index (χ0) is 16.7. The molecule has 2 aromatic heterocycles. The smallest absolute Gasteiger partial charge is 0.159 e. The highest BCUT2D eigenvalue weighted by molar-refractivity contribution is 5.86. The summed E-state index contributed by atoms with van der Waals surface area (Å²) < 4.78 is 0. The van der Waals surface area contributed by atoms with Crippen LogP contribution in [-0.4, -0.2) is 30.3 Å². The minimum Gasteiger partial charge on any atom is -0.508 e. The third-order valence-electron chi connectivity index (χ3n) is 3.78. The van der Waals surface area contributed by atoms with Gasteiger partial charge in [-0.05, 0) is 36.4 Å². The molecule has 0 aliphatic rings. The quantitative estimate of drug-likeness (QED) is 0.424. The average molecular weight is 319 g/mol. The third kappa shape index (κ3) is 2.30. The molecule has 0 radical (unpaired) electrons. The molecule has 6 heteroatoms. The van der Waals surface area contributed by atoms with Crippen molar-refractivity contribution < 1.29 is 15.3 Å².